The molecule has 0 bridgehead atoms. The fourth-order valence-electron chi connectivity index (χ4n) is 1.66. The summed E-state index contributed by atoms with van der Waals surface area (Å²) >= 11 is 1.43. The van der Waals surface area contributed by atoms with E-state index in [1.807, 2.05) is 18.2 Å². The summed E-state index contributed by atoms with van der Waals surface area (Å²) in [4.78, 5) is 8.25. The third-order valence-electron chi connectivity index (χ3n) is 2.59. The van der Waals surface area contributed by atoms with Crippen LogP contribution in [-0.4, -0.2) is 24.2 Å². The van der Waals surface area contributed by atoms with Crippen LogP contribution in [0, 0.1) is 0 Å². The van der Waals surface area contributed by atoms with Gasteiger partial charge in [-0.25, -0.2) is 9.97 Å². The van der Waals surface area contributed by atoms with E-state index in [9.17, 15) is 0 Å². The van der Waals surface area contributed by atoms with Crippen molar-refractivity contribution in [2.45, 2.75) is 10.9 Å². The maximum atomic E-state index is 5.64. The van der Waals surface area contributed by atoms with Crippen molar-refractivity contribution in [3.8, 4) is 11.5 Å². The number of hydrogen-bond acceptors (Lipinski definition) is 7. The average Bonchev–Trinajstić information content (AvgIpc) is 2.43. The lowest BCUT2D eigenvalue weighted by Gasteiger charge is -2.10. The summed E-state index contributed by atoms with van der Waals surface area (Å²) in [6.07, 6.45) is 0. The van der Waals surface area contributed by atoms with Crippen molar-refractivity contribution in [1.82, 2.24) is 9.97 Å². The molecule has 1 aromatic carbocycles. The highest BCUT2D eigenvalue weighted by molar-refractivity contribution is 7.98. The predicted molar refractivity (Wildman–Crippen MR) is 80.0 cm³/mol. The van der Waals surface area contributed by atoms with Gasteiger partial charge in [0.25, 0.3) is 0 Å². The Morgan fingerprint density at radius 1 is 1.05 bits per heavy atom. The van der Waals surface area contributed by atoms with Gasteiger partial charge in [-0.3, -0.25) is 0 Å². The Morgan fingerprint density at radius 3 is 2.35 bits per heavy atom. The van der Waals surface area contributed by atoms with E-state index < -0.39 is 0 Å². The van der Waals surface area contributed by atoms with Crippen LogP contribution >= 0.6 is 11.8 Å². The van der Waals surface area contributed by atoms with Gasteiger partial charge in [0.1, 0.15) is 23.1 Å². The zero-order chi connectivity index (χ0) is 14.5. The molecule has 2 rings (SSSR count). The fraction of sp³-hybridized carbons (Fsp3) is 0.231. The first kappa shape index (κ1) is 14.3. The van der Waals surface area contributed by atoms with Crippen molar-refractivity contribution in [3.05, 3.63) is 29.8 Å². The predicted octanol–water partition coefficient (Wildman–Crippen LogP) is 1.95. The van der Waals surface area contributed by atoms with Crippen molar-refractivity contribution < 1.29 is 9.47 Å². The number of nitrogen functional groups attached to an aromatic ring is 2. The van der Waals surface area contributed by atoms with E-state index in [1.165, 1.54) is 17.8 Å². The number of nitrogens with two attached hydrogens (primary N) is 2. The van der Waals surface area contributed by atoms with Crippen molar-refractivity contribution in [3.63, 3.8) is 0 Å². The van der Waals surface area contributed by atoms with Gasteiger partial charge in [-0.2, -0.15) is 0 Å². The lowest BCUT2D eigenvalue weighted by Crippen LogP contribution is -1.99. The number of ether oxygens (including phenoxy) is 2. The highest BCUT2D eigenvalue weighted by Crippen LogP contribution is 2.30. The van der Waals surface area contributed by atoms with E-state index in [-0.39, 0.29) is 0 Å². The van der Waals surface area contributed by atoms with Crippen LogP contribution in [-0.2, 0) is 5.75 Å². The summed E-state index contributed by atoms with van der Waals surface area (Å²) < 4.78 is 10.5. The summed E-state index contributed by atoms with van der Waals surface area (Å²) in [5, 5.41) is 0.535. The van der Waals surface area contributed by atoms with Crippen LogP contribution in [0.1, 0.15) is 5.56 Å². The number of methoxy groups -OCH3 is 2. The van der Waals surface area contributed by atoms with Crippen LogP contribution in [0.2, 0.25) is 0 Å². The maximum Gasteiger partial charge on any atom is 0.191 e. The third-order valence-corrected chi connectivity index (χ3v) is 3.49. The molecule has 4 N–H and O–H groups in total. The molecule has 2 aromatic rings. The van der Waals surface area contributed by atoms with Gasteiger partial charge in [0.15, 0.2) is 5.16 Å². The molecule has 6 nitrogen and oxygen atoms in total. The number of hydrogen-bond donors (Lipinski definition) is 2. The average molecular weight is 292 g/mol. The summed E-state index contributed by atoms with van der Waals surface area (Å²) in [7, 11) is 3.26. The second-order valence-corrected chi connectivity index (χ2v) is 4.91. The smallest absolute Gasteiger partial charge is 0.191 e. The van der Waals surface area contributed by atoms with Crippen LogP contribution < -0.4 is 20.9 Å². The van der Waals surface area contributed by atoms with Crippen molar-refractivity contribution in [1.29, 1.82) is 0 Å². The fourth-order valence-corrected chi connectivity index (χ4v) is 2.51. The SMILES string of the molecule is COc1ccc(OC)c(CSc2nc(N)cc(N)n2)c1. The maximum absolute atomic E-state index is 5.64. The van der Waals surface area contributed by atoms with E-state index >= 15 is 0 Å². The first-order valence-electron chi connectivity index (χ1n) is 5.86. The minimum atomic E-state index is 0.359. The third kappa shape index (κ3) is 3.45. The van der Waals surface area contributed by atoms with Crippen LogP contribution in [0.15, 0.2) is 29.4 Å². The van der Waals surface area contributed by atoms with E-state index in [1.54, 1.807) is 14.2 Å². The summed E-state index contributed by atoms with van der Waals surface area (Å²) in [5.74, 6) is 2.91. The number of anilines is 2. The summed E-state index contributed by atoms with van der Waals surface area (Å²) in [6.45, 7) is 0. The van der Waals surface area contributed by atoms with E-state index in [0.717, 1.165) is 17.1 Å². The molecule has 0 aliphatic carbocycles. The van der Waals surface area contributed by atoms with E-state index in [0.29, 0.717) is 22.5 Å². The molecule has 1 aromatic heterocycles. The number of benzene rings is 1. The quantitative estimate of drug-likeness (QED) is 0.642. The minimum Gasteiger partial charge on any atom is -0.497 e. The Bertz CT molecular complexity index is 587. The number of aromatic nitrogens is 2. The van der Waals surface area contributed by atoms with Crippen LogP contribution in [0.4, 0.5) is 11.6 Å². The monoisotopic (exact) mass is 292 g/mol. The zero-order valence-electron chi connectivity index (χ0n) is 11.3. The molecular formula is C13H16N4O2S. The lowest BCUT2D eigenvalue weighted by molar-refractivity contribution is 0.400. The molecule has 0 saturated carbocycles. The van der Waals surface area contributed by atoms with Gasteiger partial charge in [0.05, 0.1) is 14.2 Å². The normalized spacial score (nSPS) is 10.3. The minimum absolute atomic E-state index is 0.359. The molecule has 0 aliphatic heterocycles. The van der Waals surface area contributed by atoms with Gasteiger partial charge in [-0.15, -0.1) is 0 Å². The van der Waals surface area contributed by atoms with Gasteiger partial charge in [-0.1, -0.05) is 11.8 Å². The van der Waals surface area contributed by atoms with Crippen LogP contribution in [0.25, 0.3) is 0 Å². The Balaban J connectivity index is 2.17. The largest absolute Gasteiger partial charge is 0.497 e. The topological polar surface area (TPSA) is 96.3 Å². The second kappa shape index (κ2) is 6.33. The molecule has 106 valence electrons. The van der Waals surface area contributed by atoms with Crippen LogP contribution in [0.5, 0.6) is 11.5 Å². The second-order valence-electron chi connectivity index (χ2n) is 3.97. The molecular weight excluding hydrogens is 276 g/mol. The standard InChI is InChI=1S/C13H16N4O2S/c1-18-9-3-4-10(19-2)8(5-9)7-20-13-16-11(14)6-12(15)17-13/h3-6H,7H2,1-2H3,(H4,14,15,16,17). The first-order chi connectivity index (χ1) is 9.62. The molecule has 0 atom stereocenters. The zero-order valence-corrected chi connectivity index (χ0v) is 12.1. The van der Waals surface area contributed by atoms with Crippen molar-refractivity contribution in [2.24, 2.45) is 0 Å². The molecule has 0 fully saturated rings. The Kier molecular flexibility index (Phi) is 4.52. The Hall–Kier alpha value is -2.15. The molecule has 0 spiro atoms. The van der Waals surface area contributed by atoms with Crippen LogP contribution in [0.3, 0.4) is 0 Å². The molecule has 0 unspecified atom stereocenters. The van der Waals surface area contributed by atoms with E-state index in [4.69, 9.17) is 20.9 Å². The number of rotatable bonds is 5. The molecule has 7 heteroatoms. The van der Waals surface area contributed by atoms with Gasteiger partial charge in [0.2, 0.25) is 0 Å². The molecule has 0 aliphatic rings. The summed E-state index contributed by atoms with van der Waals surface area (Å²) in [5.41, 5.74) is 12.3. The van der Waals surface area contributed by atoms with Gasteiger partial charge >= 0.3 is 0 Å². The highest BCUT2D eigenvalue weighted by atomic mass is 32.2. The summed E-state index contributed by atoms with van der Waals surface area (Å²) in [6, 6.07) is 7.16. The van der Waals surface area contributed by atoms with Gasteiger partial charge in [-0.05, 0) is 18.2 Å². The van der Waals surface area contributed by atoms with Crippen molar-refractivity contribution in [2.75, 3.05) is 25.7 Å². The Morgan fingerprint density at radius 2 is 1.75 bits per heavy atom. The number of thioether (sulfide) groups is 1. The van der Waals surface area contributed by atoms with E-state index in [2.05, 4.69) is 9.97 Å². The van der Waals surface area contributed by atoms with Crippen molar-refractivity contribution >= 4 is 23.4 Å². The first-order valence-corrected chi connectivity index (χ1v) is 6.84. The van der Waals surface area contributed by atoms with Gasteiger partial charge in [0, 0.05) is 17.4 Å². The Labute approximate surface area is 121 Å². The molecule has 0 saturated heterocycles. The molecule has 0 radical (unpaired) electrons. The molecule has 1 heterocycles. The highest BCUT2D eigenvalue weighted by Gasteiger charge is 2.08. The lowest BCUT2D eigenvalue weighted by atomic mass is 10.2. The van der Waals surface area contributed by atoms with Gasteiger partial charge < -0.3 is 20.9 Å². The molecule has 20 heavy (non-hydrogen) atoms. The molecule has 0 amide bonds. The number of nitrogens with zero attached hydrogens (tertiary/aromatic N) is 2.